The van der Waals surface area contributed by atoms with Gasteiger partial charge in [0.05, 0.1) is 12.0 Å². The van der Waals surface area contributed by atoms with Crippen LogP contribution in [0.3, 0.4) is 0 Å². The summed E-state index contributed by atoms with van der Waals surface area (Å²) < 4.78 is 0. The molecule has 0 saturated carbocycles. The predicted molar refractivity (Wildman–Crippen MR) is 68.6 cm³/mol. The van der Waals surface area contributed by atoms with Crippen LogP contribution in [0, 0.1) is 17.8 Å². The molecule has 0 aromatic rings. The molecule has 0 bridgehead atoms. The number of rotatable bonds is 4. The van der Waals surface area contributed by atoms with E-state index >= 15 is 0 Å². The Hall–Kier alpha value is -0.610. The van der Waals surface area contributed by atoms with E-state index in [9.17, 15) is 9.90 Å². The van der Waals surface area contributed by atoms with Gasteiger partial charge in [-0.15, -0.1) is 0 Å². The lowest BCUT2D eigenvalue weighted by atomic mass is 9.86. The molecule has 1 saturated heterocycles. The van der Waals surface area contributed by atoms with E-state index < -0.39 is 0 Å². The second kappa shape index (κ2) is 6.36. The molecule has 4 heteroatoms. The van der Waals surface area contributed by atoms with Crippen LogP contribution in [-0.2, 0) is 4.79 Å². The van der Waals surface area contributed by atoms with Crippen LogP contribution in [-0.4, -0.2) is 48.7 Å². The number of carbonyl (C=O) groups is 1. The van der Waals surface area contributed by atoms with E-state index in [4.69, 9.17) is 0 Å². The van der Waals surface area contributed by atoms with Crippen molar-refractivity contribution in [3.63, 3.8) is 0 Å². The summed E-state index contributed by atoms with van der Waals surface area (Å²) in [6.45, 7) is 8.40. The minimum atomic E-state index is -0.335. The zero-order valence-electron chi connectivity index (χ0n) is 11.4. The van der Waals surface area contributed by atoms with Gasteiger partial charge >= 0.3 is 0 Å². The van der Waals surface area contributed by atoms with Crippen LogP contribution in [0.4, 0.5) is 0 Å². The quantitative estimate of drug-likeness (QED) is 0.763. The Morgan fingerprint density at radius 3 is 2.59 bits per heavy atom. The summed E-state index contributed by atoms with van der Waals surface area (Å²) in [7, 11) is 2.01. The van der Waals surface area contributed by atoms with Gasteiger partial charge in [0.15, 0.2) is 0 Å². The zero-order chi connectivity index (χ0) is 13.0. The summed E-state index contributed by atoms with van der Waals surface area (Å²) in [6, 6.07) is 0. The molecule has 0 aliphatic carbocycles. The minimum Gasteiger partial charge on any atom is -0.393 e. The highest BCUT2D eigenvalue weighted by Gasteiger charge is 2.31. The van der Waals surface area contributed by atoms with Crippen LogP contribution < -0.4 is 5.32 Å². The summed E-state index contributed by atoms with van der Waals surface area (Å²) in [4.78, 5) is 14.1. The first kappa shape index (κ1) is 14.5. The Morgan fingerprint density at radius 1 is 1.41 bits per heavy atom. The van der Waals surface area contributed by atoms with Crippen molar-refractivity contribution in [2.24, 2.45) is 17.8 Å². The third kappa shape index (κ3) is 4.64. The Morgan fingerprint density at radius 2 is 2.06 bits per heavy atom. The third-order valence-electron chi connectivity index (χ3n) is 3.40. The molecule has 100 valence electrons. The number of hydrogen-bond donors (Lipinski definition) is 2. The number of piperidine rings is 1. The van der Waals surface area contributed by atoms with Gasteiger partial charge in [-0.25, -0.2) is 0 Å². The van der Waals surface area contributed by atoms with Crippen LogP contribution in [0.1, 0.15) is 27.2 Å². The molecule has 3 atom stereocenters. The minimum absolute atomic E-state index is 0.0205. The molecule has 1 aliphatic rings. The van der Waals surface area contributed by atoms with E-state index in [-0.39, 0.29) is 23.8 Å². The molecule has 1 amide bonds. The number of aliphatic hydroxyl groups is 1. The molecule has 1 aliphatic heterocycles. The van der Waals surface area contributed by atoms with E-state index in [1.54, 1.807) is 0 Å². The van der Waals surface area contributed by atoms with Crippen molar-refractivity contribution in [3.05, 3.63) is 0 Å². The predicted octanol–water partition coefficient (Wildman–Crippen LogP) is 0.707. The average Bonchev–Trinajstić information content (AvgIpc) is 2.24. The highest BCUT2D eigenvalue weighted by atomic mass is 16.3. The van der Waals surface area contributed by atoms with E-state index in [0.29, 0.717) is 5.92 Å². The third-order valence-corrected chi connectivity index (χ3v) is 3.40. The van der Waals surface area contributed by atoms with Gasteiger partial charge in [0.1, 0.15) is 0 Å². The van der Waals surface area contributed by atoms with Crippen molar-refractivity contribution < 1.29 is 9.90 Å². The normalized spacial score (nSPS) is 28.1. The number of nitrogens with one attached hydrogen (secondary N) is 1. The summed E-state index contributed by atoms with van der Waals surface area (Å²) >= 11 is 0. The Bertz CT molecular complexity index is 254. The van der Waals surface area contributed by atoms with E-state index in [1.165, 1.54) is 0 Å². The van der Waals surface area contributed by atoms with Crippen molar-refractivity contribution in [1.29, 1.82) is 0 Å². The standard InChI is InChI=1S/C13H26N2O2/c1-9(2)6-14-13(17)12-5-11(10(3)16)7-15(4)8-12/h9-12,16H,5-8H2,1-4H3,(H,14,17). The van der Waals surface area contributed by atoms with E-state index in [0.717, 1.165) is 26.1 Å². The van der Waals surface area contributed by atoms with Crippen molar-refractivity contribution in [1.82, 2.24) is 10.2 Å². The number of carbonyl (C=O) groups excluding carboxylic acids is 1. The molecule has 1 rings (SSSR count). The largest absolute Gasteiger partial charge is 0.393 e. The maximum Gasteiger partial charge on any atom is 0.224 e. The molecule has 1 fully saturated rings. The van der Waals surface area contributed by atoms with Crippen LogP contribution in [0.5, 0.6) is 0 Å². The topological polar surface area (TPSA) is 52.6 Å². The first-order chi connectivity index (χ1) is 7.90. The van der Waals surface area contributed by atoms with Gasteiger partial charge < -0.3 is 15.3 Å². The molecule has 17 heavy (non-hydrogen) atoms. The van der Waals surface area contributed by atoms with Gasteiger partial charge in [-0.05, 0) is 32.2 Å². The fourth-order valence-corrected chi connectivity index (χ4v) is 2.35. The summed E-state index contributed by atoms with van der Waals surface area (Å²) in [5, 5.41) is 12.6. The van der Waals surface area contributed by atoms with Gasteiger partial charge in [0.2, 0.25) is 5.91 Å². The first-order valence-electron chi connectivity index (χ1n) is 6.54. The molecule has 2 N–H and O–H groups in total. The molecule has 3 unspecified atom stereocenters. The van der Waals surface area contributed by atoms with Crippen LogP contribution >= 0.6 is 0 Å². The smallest absolute Gasteiger partial charge is 0.224 e. The molecule has 0 aromatic carbocycles. The Labute approximate surface area is 104 Å². The monoisotopic (exact) mass is 242 g/mol. The van der Waals surface area contributed by atoms with Crippen LogP contribution in [0.2, 0.25) is 0 Å². The second-order valence-corrected chi connectivity index (χ2v) is 5.79. The number of nitrogens with zero attached hydrogens (tertiary/aromatic N) is 1. The lowest BCUT2D eigenvalue weighted by Crippen LogP contribution is -2.47. The first-order valence-corrected chi connectivity index (χ1v) is 6.54. The summed E-state index contributed by atoms with van der Waals surface area (Å²) in [5.41, 5.74) is 0. The molecule has 1 heterocycles. The molecular weight excluding hydrogens is 216 g/mol. The number of amides is 1. The molecule has 0 radical (unpaired) electrons. The Balaban J connectivity index is 2.49. The molecule has 0 spiro atoms. The molecule has 4 nitrogen and oxygen atoms in total. The maximum atomic E-state index is 12.0. The van der Waals surface area contributed by atoms with E-state index in [2.05, 4.69) is 24.1 Å². The fourth-order valence-electron chi connectivity index (χ4n) is 2.35. The van der Waals surface area contributed by atoms with Gasteiger partial charge in [-0.1, -0.05) is 13.8 Å². The fraction of sp³-hybridized carbons (Fsp3) is 0.923. The number of hydrogen-bond acceptors (Lipinski definition) is 3. The highest BCUT2D eigenvalue weighted by Crippen LogP contribution is 2.23. The van der Waals surface area contributed by atoms with Crippen molar-refractivity contribution in [3.8, 4) is 0 Å². The van der Waals surface area contributed by atoms with Gasteiger partial charge in [-0.2, -0.15) is 0 Å². The van der Waals surface area contributed by atoms with Gasteiger partial charge in [0.25, 0.3) is 0 Å². The number of aliphatic hydroxyl groups excluding tert-OH is 1. The van der Waals surface area contributed by atoms with Crippen LogP contribution in [0.15, 0.2) is 0 Å². The average molecular weight is 242 g/mol. The highest BCUT2D eigenvalue weighted by molar-refractivity contribution is 5.79. The summed E-state index contributed by atoms with van der Waals surface area (Å²) in [6.07, 6.45) is 0.463. The number of likely N-dealkylation sites (tertiary alicyclic amines) is 1. The van der Waals surface area contributed by atoms with Gasteiger partial charge in [-0.3, -0.25) is 4.79 Å². The van der Waals surface area contributed by atoms with Gasteiger partial charge in [0, 0.05) is 19.6 Å². The lowest BCUT2D eigenvalue weighted by molar-refractivity contribution is -0.128. The van der Waals surface area contributed by atoms with Crippen molar-refractivity contribution in [2.75, 3.05) is 26.7 Å². The van der Waals surface area contributed by atoms with Crippen molar-refractivity contribution >= 4 is 5.91 Å². The zero-order valence-corrected chi connectivity index (χ0v) is 11.4. The summed E-state index contributed by atoms with van der Waals surface area (Å²) in [5.74, 6) is 0.847. The maximum absolute atomic E-state index is 12.0. The SMILES string of the molecule is CC(C)CNC(=O)C1CC(C(C)O)CN(C)C1. The van der Waals surface area contributed by atoms with E-state index in [1.807, 2.05) is 14.0 Å². The van der Waals surface area contributed by atoms with Crippen LogP contribution in [0.25, 0.3) is 0 Å². The molecular formula is C13H26N2O2. The Kier molecular flexibility index (Phi) is 5.40. The van der Waals surface area contributed by atoms with Crippen molar-refractivity contribution in [2.45, 2.75) is 33.3 Å². The lowest BCUT2D eigenvalue weighted by Gasteiger charge is -2.36. The second-order valence-electron chi connectivity index (χ2n) is 5.79. The molecule has 0 aromatic heterocycles.